The van der Waals surface area contributed by atoms with Gasteiger partial charge in [0.25, 0.3) is 0 Å². The van der Waals surface area contributed by atoms with Crippen molar-refractivity contribution in [3.8, 4) is 0 Å². The third-order valence-corrected chi connectivity index (χ3v) is 3.66. The molecule has 1 rings (SSSR count). The quantitative estimate of drug-likeness (QED) is 0.823. The van der Waals surface area contributed by atoms with Crippen molar-refractivity contribution in [2.45, 2.75) is 25.9 Å². The molecule has 0 aliphatic heterocycles. The molecule has 0 aromatic heterocycles. The van der Waals surface area contributed by atoms with Crippen LogP contribution in [0.5, 0.6) is 0 Å². The molecule has 0 amide bonds. The Labute approximate surface area is 122 Å². The smallest absolute Gasteiger partial charge is 0.209 e. The number of hydrogen-bond acceptors (Lipinski definition) is 3. The first kappa shape index (κ1) is 16.6. The molecule has 0 saturated heterocycles. The first-order valence-electron chi connectivity index (χ1n) is 5.72. The summed E-state index contributed by atoms with van der Waals surface area (Å²) < 4.78 is 38.7. The molecule has 2 N–H and O–H groups in total. The number of sulfonamides is 1. The lowest BCUT2D eigenvalue weighted by molar-refractivity contribution is 0.421. The molecular formula is C12H18BrFN2O2S. The maximum Gasteiger partial charge on any atom is 0.209 e. The SMILES string of the molecule is CC(C)(CNCc1cc(F)cc(Br)c1)NS(C)(=O)=O. The van der Waals surface area contributed by atoms with E-state index in [0.717, 1.165) is 11.8 Å². The molecule has 0 heterocycles. The molecule has 1 aromatic carbocycles. The summed E-state index contributed by atoms with van der Waals surface area (Å²) in [6.07, 6.45) is 1.12. The van der Waals surface area contributed by atoms with Crippen molar-refractivity contribution >= 4 is 26.0 Å². The van der Waals surface area contributed by atoms with Crippen molar-refractivity contribution in [1.29, 1.82) is 0 Å². The Morgan fingerprint density at radius 3 is 2.47 bits per heavy atom. The number of hydrogen-bond donors (Lipinski definition) is 2. The average Bonchev–Trinajstić information content (AvgIpc) is 2.10. The molecule has 0 aliphatic carbocycles. The fourth-order valence-corrected chi connectivity index (χ4v) is 3.36. The van der Waals surface area contributed by atoms with Crippen LogP contribution in [0, 0.1) is 5.82 Å². The van der Waals surface area contributed by atoms with E-state index in [1.54, 1.807) is 13.8 Å². The molecule has 19 heavy (non-hydrogen) atoms. The Bertz CT molecular complexity index is 526. The minimum Gasteiger partial charge on any atom is -0.311 e. The zero-order valence-electron chi connectivity index (χ0n) is 11.1. The predicted molar refractivity (Wildman–Crippen MR) is 77.9 cm³/mol. The third-order valence-electron chi connectivity index (χ3n) is 2.28. The minimum absolute atomic E-state index is 0.306. The van der Waals surface area contributed by atoms with Crippen molar-refractivity contribution < 1.29 is 12.8 Å². The van der Waals surface area contributed by atoms with Gasteiger partial charge in [-0.15, -0.1) is 0 Å². The maximum absolute atomic E-state index is 13.2. The molecular weight excluding hydrogens is 335 g/mol. The fourth-order valence-electron chi connectivity index (χ4n) is 1.77. The van der Waals surface area contributed by atoms with Gasteiger partial charge < -0.3 is 5.32 Å². The van der Waals surface area contributed by atoms with Gasteiger partial charge in [0.1, 0.15) is 5.82 Å². The second-order valence-corrected chi connectivity index (χ2v) is 7.80. The van der Waals surface area contributed by atoms with Gasteiger partial charge in [-0.25, -0.2) is 17.5 Å². The van der Waals surface area contributed by atoms with Crippen molar-refractivity contribution in [1.82, 2.24) is 10.0 Å². The summed E-state index contributed by atoms with van der Waals surface area (Å²) in [5, 5.41) is 3.10. The van der Waals surface area contributed by atoms with E-state index in [-0.39, 0.29) is 5.82 Å². The van der Waals surface area contributed by atoms with Crippen LogP contribution >= 0.6 is 15.9 Å². The molecule has 1 aromatic rings. The van der Waals surface area contributed by atoms with E-state index in [1.165, 1.54) is 12.1 Å². The Morgan fingerprint density at radius 2 is 1.95 bits per heavy atom. The first-order valence-corrected chi connectivity index (χ1v) is 8.40. The normalized spacial score (nSPS) is 12.7. The molecule has 0 aliphatic rings. The molecule has 0 bridgehead atoms. The van der Waals surface area contributed by atoms with E-state index < -0.39 is 15.6 Å². The second kappa shape index (κ2) is 6.30. The van der Waals surface area contributed by atoms with Gasteiger partial charge in [0.15, 0.2) is 0 Å². The predicted octanol–water partition coefficient (Wildman–Crippen LogP) is 2.01. The van der Waals surface area contributed by atoms with Crippen LogP contribution in [-0.4, -0.2) is 26.8 Å². The minimum atomic E-state index is -3.25. The van der Waals surface area contributed by atoms with Gasteiger partial charge in [-0.2, -0.15) is 0 Å². The van der Waals surface area contributed by atoms with Gasteiger partial charge in [-0.3, -0.25) is 0 Å². The highest BCUT2D eigenvalue weighted by atomic mass is 79.9. The Balaban J connectivity index is 2.54. The maximum atomic E-state index is 13.2. The molecule has 0 spiro atoms. The largest absolute Gasteiger partial charge is 0.311 e. The zero-order chi connectivity index (χ0) is 14.7. The highest BCUT2D eigenvalue weighted by molar-refractivity contribution is 9.10. The summed E-state index contributed by atoms with van der Waals surface area (Å²) >= 11 is 3.22. The average molecular weight is 353 g/mol. The highest BCUT2D eigenvalue weighted by Gasteiger charge is 2.21. The summed E-state index contributed by atoms with van der Waals surface area (Å²) in [4.78, 5) is 0. The lowest BCUT2D eigenvalue weighted by Gasteiger charge is -2.25. The van der Waals surface area contributed by atoms with Crippen LogP contribution in [0.3, 0.4) is 0 Å². The lowest BCUT2D eigenvalue weighted by atomic mass is 10.1. The summed E-state index contributed by atoms with van der Waals surface area (Å²) in [6, 6.07) is 4.64. The molecule has 7 heteroatoms. The Kier molecular flexibility index (Phi) is 5.49. The zero-order valence-corrected chi connectivity index (χ0v) is 13.5. The van der Waals surface area contributed by atoms with Crippen LogP contribution in [0.25, 0.3) is 0 Å². The standard InChI is InChI=1S/C12H18BrFN2O2S/c1-12(2,16-19(3,17)18)8-15-7-9-4-10(13)6-11(14)5-9/h4-6,15-16H,7-8H2,1-3H3. The van der Waals surface area contributed by atoms with Crippen LogP contribution in [0.4, 0.5) is 4.39 Å². The van der Waals surface area contributed by atoms with Crippen LogP contribution in [0.2, 0.25) is 0 Å². The van der Waals surface area contributed by atoms with Crippen LogP contribution in [0.1, 0.15) is 19.4 Å². The molecule has 0 fully saturated rings. The number of benzene rings is 1. The topological polar surface area (TPSA) is 58.2 Å². The van der Waals surface area contributed by atoms with Crippen molar-refractivity contribution in [2.24, 2.45) is 0 Å². The molecule has 4 nitrogen and oxygen atoms in total. The third kappa shape index (κ3) is 7.00. The molecule has 0 atom stereocenters. The molecule has 0 unspecified atom stereocenters. The van der Waals surface area contributed by atoms with Crippen LogP contribution in [-0.2, 0) is 16.6 Å². The van der Waals surface area contributed by atoms with Crippen molar-refractivity contribution in [3.05, 3.63) is 34.1 Å². The van der Waals surface area contributed by atoms with E-state index in [9.17, 15) is 12.8 Å². The fraction of sp³-hybridized carbons (Fsp3) is 0.500. The number of nitrogens with one attached hydrogen (secondary N) is 2. The van der Waals surface area contributed by atoms with Crippen LogP contribution in [0.15, 0.2) is 22.7 Å². The van der Waals surface area contributed by atoms with Gasteiger partial charge in [0, 0.05) is 23.1 Å². The van der Waals surface area contributed by atoms with E-state index >= 15 is 0 Å². The number of halogens is 2. The monoisotopic (exact) mass is 352 g/mol. The van der Waals surface area contributed by atoms with Crippen molar-refractivity contribution in [3.63, 3.8) is 0 Å². The van der Waals surface area contributed by atoms with Crippen molar-refractivity contribution in [2.75, 3.05) is 12.8 Å². The Hall–Kier alpha value is -0.500. The van der Waals surface area contributed by atoms with E-state index in [1.807, 2.05) is 6.07 Å². The van der Waals surface area contributed by atoms with Gasteiger partial charge in [0.2, 0.25) is 10.0 Å². The summed E-state index contributed by atoms with van der Waals surface area (Å²) in [5.74, 6) is -0.306. The molecule has 108 valence electrons. The van der Waals surface area contributed by atoms with Crippen LogP contribution < -0.4 is 10.0 Å². The van der Waals surface area contributed by atoms with Gasteiger partial charge >= 0.3 is 0 Å². The Morgan fingerprint density at radius 1 is 1.32 bits per heavy atom. The highest BCUT2D eigenvalue weighted by Crippen LogP contribution is 2.14. The molecule has 0 radical (unpaired) electrons. The number of rotatable bonds is 6. The summed E-state index contributed by atoms with van der Waals surface area (Å²) in [6.45, 7) is 4.46. The first-order chi connectivity index (χ1) is 8.57. The molecule has 0 saturated carbocycles. The van der Waals surface area contributed by atoms with E-state index in [0.29, 0.717) is 17.6 Å². The van der Waals surface area contributed by atoms with E-state index in [4.69, 9.17) is 0 Å². The lowest BCUT2D eigenvalue weighted by Crippen LogP contribution is -2.49. The second-order valence-electron chi connectivity index (χ2n) is 5.14. The van der Waals surface area contributed by atoms with Gasteiger partial charge in [-0.1, -0.05) is 15.9 Å². The van der Waals surface area contributed by atoms with Gasteiger partial charge in [-0.05, 0) is 37.6 Å². The van der Waals surface area contributed by atoms with Gasteiger partial charge in [0.05, 0.1) is 6.26 Å². The van der Waals surface area contributed by atoms with E-state index in [2.05, 4.69) is 26.0 Å². The summed E-state index contributed by atoms with van der Waals surface area (Å²) in [7, 11) is -3.25. The summed E-state index contributed by atoms with van der Waals surface area (Å²) in [5.41, 5.74) is 0.194.